The Balaban J connectivity index is 1.35. The van der Waals surface area contributed by atoms with E-state index in [9.17, 15) is 13.2 Å². The molecule has 1 amide bonds. The number of rotatable bonds is 8. The number of sulfonamides is 1. The zero-order valence-electron chi connectivity index (χ0n) is 18.9. The quantitative estimate of drug-likeness (QED) is 0.502. The minimum Gasteiger partial charge on any atom is -0.491 e. The topological polar surface area (TPSA) is 120 Å². The van der Waals surface area contributed by atoms with Crippen molar-refractivity contribution >= 4 is 27.6 Å². The molecule has 1 fully saturated rings. The fourth-order valence-corrected chi connectivity index (χ4v) is 4.48. The van der Waals surface area contributed by atoms with Crippen molar-refractivity contribution in [1.82, 2.24) is 9.97 Å². The van der Waals surface area contributed by atoms with Gasteiger partial charge >= 0.3 is 0 Å². The number of nitrogens with zero attached hydrogens (tertiary/aromatic N) is 2. The Labute approximate surface area is 198 Å². The van der Waals surface area contributed by atoms with Crippen LogP contribution in [0.3, 0.4) is 0 Å². The molecule has 10 heteroatoms. The maximum Gasteiger partial charge on any atom is 0.264 e. The van der Waals surface area contributed by atoms with Crippen LogP contribution in [0, 0.1) is 13.8 Å². The van der Waals surface area contributed by atoms with Gasteiger partial charge in [0.15, 0.2) is 0 Å². The van der Waals surface area contributed by atoms with Gasteiger partial charge in [-0.3, -0.25) is 4.79 Å². The molecule has 1 saturated heterocycles. The summed E-state index contributed by atoms with van der Waals surface area (Å²) in [5.74, 6) is 0.364. The van der Waals surface area contributed by atoms with Crippen molar-refractivity contribution in [2.24, 2.45) is 0 Å². The molecule has 1 atom stereocenters. The van der Waals surface area contributed by atoms with E-state index in [1.54, 1.807) is 44.2 Å². The monoisotopic (exact) mass is 482 g/mol. The number of carbonyl (C=O) groups is 1. The van der Waals surface area contributed by atoms with Crippen LogP contribution in [-0.2, 0) is 14.8 Å². The Kier molecular flexibility index (Phi) is 7.09. The van der Waals surface area contributed by atoms with Gasteiger partial charge in [-0.1, -0.05) is 0 Å². The lowest BCUT2D eigenvalue weighted by atomic mass is 10.2. The molecule has 0 radical (unpaired) electrons. The first-order chi connectivity index (χ1) is 16.3. The van der Waals surface area contributed by atoms with Gasteiger partial charge in [-0.2, -0.15) is 0 Å². The number of benzene rings is 2. The first-order valence-electron chi connectivity index (χ1n) is 10.9. The van der Waals surface area contributed by atoms with E-state index in [-0.39, 0.29) is 22.9 Å². The van der Waals surface area contributed by atoms with E-state index in [1.165, 1.54) is 24.3 Å². The third-order valence-corrected chi connectivity index (χ3v) is 6.55. The van der Waals surface area contributed by atoms with E-state index in [0.717, 1.165) is 19.4 Å². The van der Waals surface area contributed by atoms with Crippen LogP contribution >= 0.6 is 0 Å². The molecular weight excluding hydrogens is 456 g/mol. The zero-order valence-corrected chi connectivity index (χ0v) is 19.8. The molecule has 0 saturated carbocycles. The summed E-state index contributed by atoms with van der Waals surface area (Å²) in [6.45, 7) is 4.79. The molecule has 178 valence electrons. The van der Waals surface area contributed by atoms with Gasteiger partial charge in [-0.05, 0) is 81.3 Å². The molecule has 34 heavy (non-hydrogen) atoms. The molecule has 0 aliphatic carbocycles. The predicted molar refractivity (Wildman–Crippen MR) is 128 cm³/mol. The van der Waals surface area contributed by atoms with Crippen LogP contribution in [-0.4, -0.2) is 43.6 Å². The van der Waals surface area contributed by atoms with Gasteiger partial charge in [-0.15, -0.1) is 0 Å². The Morgan fingerprint density at radius 1 is 1.06 bits per heavy atom. The number of amides is 1. The lowest BCUT2D eigenvalue weighted by Crippen LogP contribution is -2.16. The number of aromatic nitrogens is 2. The van der Waals surface area contributed by atoms with Crippen LogP contribution in [0.1, 0.15) is 34.6 Å². The van der Waals surface area contributed by atoms with Gasteiger partial charge < -0.3 is 14.8 Å². The van der Waals surface area contributed by atoms with Crippen LogP contribution < -0.4 is 14.8 Å². The van der Waals surface area contributed by atoms with Gasteiger partial charge in [0.25, 0.3) is 15.9 Å². The average molecular weight is 483 g/mol. The molecule has 0 bridgehead atoms. The van der Waals surface area contributed by atoms with Crippen molar-refractivity contribution in [1.29, 1.82) is 0 Å². The highest BCUT2D eigenvalue weighted by Gasteiger charge is 2.17. The fraction of sp³-hybridized carbons (Fsp3) is 0.292. The normalized spacial score (nSPS) is 15.6. The number of ether oxygens (including phenoxy) is 2. The predicted octanol–water partition coefficient (Wildman–Crippen LogP) is 3.70. The maximum atomic E-state index is 12.7. The van der Waals surface area contributed by atoms with Crippen molar-refractivity contribution in [3.63, 3.8) is 0 Å². The first kappa shape index (κ1) is 23.7. The Bertz CT molecular complexity index is 1240. The van der Waals surface area contributed by atoms with E-state index in [0.29, 0.717) is 35.0 Å². The van der Waals surface area contributed by atoms with Gasteiger partial charge in [-0.25, -0.2) is 23.1 Å². The highest BCUT2D eigenvalue weighted by molar-refractivity contribution is 7.92. The lowest BCUT2D eigenvalue weighted by Gasteiger charge is -2.12. The molecule has 1 unspecified atom stereocenters. The van der Waals surface area contributed by atoms with Crippen molar-refractivity contribution in [3.05, 3.63) is 71.5 Å². The Hall–Kier alpha value is -3.50. The van der Waals surface area contributed by atoms with Crippen LogP contribution in [0.2, 0.25) is 0 Å². The molecule has 2 aromatic carbocycles. The number of hydrogen-bond acceptors (Lipinski definition) is 7. The molecule has 1 aliphatic rings. The molecule has 3 aromatic rings. The molecule has 1 aliphatic heterocycles. The molecular formula is C24H26N4O5S. The van der Waals surface area contributed by atoms with Crippen molar-refractivity contribution in [3.8, 4) is 5.75 Å². The highest BCUT2D eigenvalue weighted by atomic mass is 32.2. The third kappa shape index (κ3) is 6.09. The van der Waals surface area contributed by atoms with Crippen molar-refractivity contribution in [2.75, 3.05) is 23.3 Å². The largest absolute Gasteiger partial charge is 0.491 e. The maximum absolute atomic E-state index is 12.7. The van der Waals surface area contributed by atoms with Crippen LogP contribution in [0.25, 0.3) is 0 Å². The minimum atomic E-state index is -3.87. The Morgan fingerprint density at radius 3 is 2.35 bits per heavy atom. The standard InChI is InChI=1S/C24H26N4O5S/c1-16-14-17(2)26-24(25-16)28-34(30,31)22-11-7-19(8-12-22)27-23(29)18-5-9-20(10-6-18)33-15-21-4-3-13-32-21/h5-12,14,21H,3-4,13,15H2,1-2H3,(H,27,29)(H,25,26,28). The summed E-state index contributed by atoms with van der Waals surface area (Å²) in [7, 11) is -3.87. The summed E-state index contributed by atoms with van der Waals surface area (Å²) < 4.78 is 38.9. The zero-order chi connectivity index (χ0) is 24.1. The third-order valence-electron chi connectivity index (χ3n) is 5.21. The summed E-state index contributed by atoms with van der Waals surface area (Å²) in [6, 6.07) is 14.4. The molecule has 2 heterocycles. The number of anilines is 2. The second-order valence-electron chi connectivity index (χ2n) is 8.03. The average Bonchev–Trinajstić information content (AvgIpc) is 3.31. The summed E-state index contributed by atoms with van der Waals surface area (Å²) in [5, 5.41) is 2.76. The second kappa shape index (κ2) is 10.2. The summed E-state index contributed by atoms with van der Waals surface area (Å²) >= 11 is 0. The van der Waals surface area contributed by atoms with E-state index in [1.807, 2.05) is 0 Å². The van der Waals surface area contributed by atoms with E-state index >= 15 is 0 Å². The summed E-state index contributed by atoms with van der Waals surface area (Å²) in [4.78, 5) is 20.8. The van der Waals surface area contributed by atoms with E-state index in [4.69, 9.17) is 9.47 Å². The number of hydrogen-bond donors (Lipinski definition) is 2. The Morgan fingerprint density at radius 2 is 1.74 bits per heavy atom. The molecule has 1 aromatic heterocycles. The van der Waals surface area contributed by atoms with Crippen LogP contribution in [0.5, 0.6) is 5.75 Å². The SMILES string of the molecule is Cc1cc(C)nc(NS(=O)(=O)c2ccc(NC(=O)c3ccc(OCC4CCCO4)cc3)cc2)n1. The second-order valence-corrected chi connectivity index (χ2v) is 9.71. The van der Waals surface area contributed by atoms with Crippen LogP contribution in [0.4, 0.5) is 11.6 Å². The smallest absolute Gasteiger partial charge is 0.264 e. The van der Waals surface area contributed by atoms with E-state index in [2.05, 4.69) is 20.0 Å². The van der Waals surface area contributed by atoms with E-state index < -0.39 is 10.0 Å². The molecule has 4 rings (SSSR count). The highest BCUT2D eigenvalue weighted by Crippen LogP contribution is 2.19. The molecule has 9 nitrogen and oxygen atoms in total. The first-order valence-corrected chi connectivity index (χ1v) is 12.4. The van der Waals surface area contributed by atoms with Gasteiger partial charge in [0.05, 0.1) is 11.0 Å². The fourth-order valence-electron chi connectivity index (χ4n) is 3.54. The number of carbonyl (C=O) groups excluding carboxylic acids is 1. The summed E-state index contributed by atoms with van der Waals surface area (Å²) in [5.41, 5.74) is 2.23. The molecule has 2 N–H and O–H groups in total. The van der Waals surface area contributed by atoms with Gasteiger partial charge in [0.2, 0.25) is 5.95 Å². The van der Waals surface area contributed by atoms with Gasteiger partial charge in [0.1, 0.15) is 12.4 Å². The van der Waals surface area contributed by atoms with Gasteiger partial charge in [0, 0.05) is 29.2 Å². The van der Waals surface area contributed by atoms with Crippen LogP contribution in [0.15, 0.2) is 59.5 Å². The number of nitrogens with one attached hydrogen (secondary N) is 2. The number of aryl methyl sites for hydroxylation is 2. The lowest BCUT2D eigenvalue weighted by molar-refractivity contribution is 0.0679. The molecule has 0 spiro atoms. The minimum absolute atomic E-state index is 0.0121. The summed E-state index contributed by atoms with van der Waals surface area (Å²) in [6.07, 6.45) is 2.17. The van der Waals surface area contributed by atoms with Crippen molar-refractivity contribution in [2.45, 2.75) is 37.7 Å². The van der Waals surface area contributed by atoms with Crippen molar-refractivity contribution < 1.29 is 22.7 Å².